The summed E-state index contributed by atoms with van der Waals surface area (Å²) in [5.74, 6) is -0.830. The van der Waals surface area contributed by atoms with E-state index in [0.717, 1.165) is 0 Å². The molecule has 2 rings (SSSR count). The van der Waals surface area contributed by atoms with E-state index in [9.17, 15) is 9.18 Å². The summed E-state index contributed by atoms with van der Waals surface area (Å²) in [5, 5.41) is 9.14. The van der Waals surface area contributed by atoms with Gasteiger partial charge in [0.25, 0.3) is 5.91 Å². The van der Waals surface area contributed by atoms with Crippen molar-refractivity contribution in [1.29, 1.82) is 5.26 Å². The lowest BCUT2D eigenvalue weighted by Gasteiger charge is -2.40. The first-order chi connectivity index (χ1) is 9.86. The van der Waals surface area contributed by atoms with Crippen molar-refractivity contribution in [2.75, 3.05) is 26.2 Å². The Morgan fingerprint density at radius 2 is 1.95 bits per heavy atom. The van der Waals surface area contributed by atoms with Gasteiger partial charge in [0.05, 0.1) is 11.6 Å². The van der Waals surface area contributed by atoms with Crippen LogP contribution in [0, 0.1) is 17.1 Å². The highest BCUT2D eigenvalue weighted by molar-refractivity contribution is 9.10. The largest absolute Gasteiger partial charge is 0.336 e. The van der Waals surface area contributed by atoms with Gasteiger partial charge in [-0.3, -0.25) is 9.69 Å². The van der Waals surface area contributed by atoms with Gasteiger partial charge in [-0.1, -0.05) is 6.07 Å². The number of piperazine rings is 1. The Hall–Kier alpha value is -1.45. The maximum Gasteiger partial charge on any atom is 0.258 e. The van der Waals surface area contributed by atoms with E-state index in [2.05, 4.69) is 22.0 Å². The molecule has 0 unspecified atom stereocenters. The van der Waals surface area contributed by atoms with Crippen molar-refractivity contribution in [3.8, 4) is 6.07 Å². The molecule has 1 aliphatic heterocycles. The molecule has 0 atom stereocenters. The molecule has 0 saturated carbocycles. The van der Waals surface area contributed by atoms with Crippen molar-refractivity contribution in [2.45, 2.75) is 19.4 Å². The normalized spacial score (nSPS) is 16.6. The lowest BCUT2D eigenvalue weighted by Crippen LogP contribution is -2.55. The van der Waals surface area contributed by atoms with Crippen LogP contribution in [0.25, 0.3) is 0 Å². The Kier molecular flexibility index (Phi) is 4.64. The maximum atomic E-state index is 13.8. The molecule has 1 aromatic carbocycles. The number of carbonyl (C=O) groups is 1. The quantitative estimate of drug-likeness (QED) is 0.820. The van der Waals surface area contributed by atoms with Gasteiger partial charge in [0.2, 0.25) is 0 Å². The van der Waals surface area contributed by atoms with Gasteiger partial charge in [-0.2, -0.15) is 5.26 Å². The predicted octanol–water partition coefficient (Wildman–Crippen LogP) is 2.65. The van der Waals surface area contributed by atoms with E-state index >= 15 is 0 Å². The molecule has 0 spiro atoms. The summed E-state index contributed by atoms with van der Waals surface area (Å²) in [6.45, 7) is 5.92. The number of hydrogen-bond acceptors (Lipinski definition) is 3. The number of benzene rings is 1. The van der Waals surface area contributed by atoms with Crippen LogP contribution in [0.3, 0.4) is 0 Å². The molecular formula is C15H17BrFN3O. The molecule has 112 valence electrons. The zero-order valence-electron chi connectivity index (χ0n) is 12.1. The van der Waals surface area contributed by atoms with E-state index in [4.69, 9.17) is 5.26 Å². The molecule has 1 saturated heterocycles. The van der Waals surface area contributed by atoms with Crippen LogP contribution in [0.4, 0.5) is 4.39 Å². The van der Waals surface area contributed by atoms with Crippen LogP contribution in [0.15, 0.2) is 22.7 Å². The van der Waals surface area contributed by atoms with Crippen molar-refractivity contribution in [3.63, 3.8) is 0 Å². The molecule has 1 heterocycles. The Balaban J connectivity index is 2.10. The van der Waals surface area contributed by atoms with E-state index in [1.165, 1.54) is 6.07 Å². The summed E-state index contributed by atoms with van der Waals surface area (Å²) in [7, 11) is 0. The van der Waals surface area contributed by atoms with E-state index in [1.54, 1.807) is 17.0 Å². The summed E-state index contributed by atoms with van der Waals surface area (Å²) in [4.78, 5) is 16.1. The fourth-order valence-electron chi connectivity index (χ4n) is 2.40. The van der Waals surface area contributed by atoms with Gasteiger partial charge in [-0.15, -0.1) is 0 Å². The summed E-state index contributed by atoms with van der Waals surface area (Å²) in [5.41, 5.74) is -0.473. The summed E-state index contributed by atoms with van der Waals surface area (Å²) in [6, 6.07) is 6.76. The van der Waals surface area contributed by atoms with Crippen LogP contribution in [0.5, 0.6) is 0 Å². The zero-order valence-corrected chi connectivity index (χ0v) is 13.7. The number of carbonyl (C=O) groups excluding carboxylic acids is 1. The Bertz CT molecular complexity index is 569. The standard InChI is InChI=1S/C15H17BrFN3O/c1-15(2,10-18)20-8-6-19(7-9-20)14(21)13-11(16)4-3-5-12(13)17/h3-5H,6-9H2,1-2H3. The summed E-state index contributed by atoms with van der Waals surface area (Å²) in [6.07, 6.45) is 0. The number of rotatable bonds is 2. The minimum absolute atomic E-state index is 0.0745. The maximum absolute atomic E-state index is 13.8. The van der Waals surface area contributed by atoms with Crippen LogP contribution in [0.1, 0.15) is 24.2 Å². The molecule has 21 heavy (non-hydrogen) atoms. The molecule has 4 nitrogen and oxygen atoms in total. The SMILES string of the molecule is CC(C)(C#N)N1CCN(C(=O)c2c(F)cccc2Br)CC1. The number of halogens is 2. The Labute approximate surface area is 132 Å². The monoisotopic (exact) mass is 353 g/mol. The van der Waals surface area contributed by atoms with Crippen molar-refractivity contribution >= 4 is 21.8 Å². The van der Waals surface area contributed by atoms with Gasteiger partial charge < -0.3 is 4.90 Å². The Morgan fingerprint density at radius 3 is 2.48 bits per heavy atom. The molecule has 6 heteroatoms. The highest BCUT2D eigenvalue weighted by atomic mass is 79.9. The van der Waals surface area contributed by atoms with Gasteiger partial charge in [0, 0.05) is 30.7 Å². The van der Waals surface area contributed by atoms with Crippen LogP contribution >= 0.6 is 15.9 Å². The lowest BCUT2D eigenvalue weighted by molar-refractivity contribution is 0.0516. The molecule has 1 aliphatic rings. The number of nitriles is 1. The topological polar surface area (TPSA) is 47.3 Å². The van der Waals surface area contributed by atoms with Crippen LogP contribution in [0.2, 0.25) is 0 Å². The van der Waals surface area contributed by atoms with E-state index in [-0.39, 0.29) is 11.5 Å². The van der Waals surface area contributed by atoms with Crippen molar-refractivity contribution < 1.29 is 9.18 Å². The summed E-state index contributed by atoms with van der Waals surface area (Å²) >= 11 is 3.23. The highest BCUT2D eigenvalue weighted by Gasteiger charge is 2.32. The summed E-state index contributed by atoms with van der Waals surface area (Å²) < 4.78 is 14.3. The second-order valence-corrected chi connectivity index (χ2v) is 6.40. The van der Waals surface area contributed by atoms with E-state index < -0.39 is 11.4 Å². The fourth-order valence-corrected chi connectivity index (χ4v) is 2.91. The lowest BCUT2D eigenvalue weighted by atomic mass is 10.0. The average Bonchev–Trinajstić information content (AvgIpc) is 2.47. The predicted molar refractivity (Wildman–Crippen MR) is 81.3 cm³/mol. The fraction of sp³-hybridized carbons (Fsp3) is 0.467. The molecule has 0 bridgehead atoms. The molecule has 1 fully saturated rings. The van der Waals surface area contributed by atoms with Crippen molar-refractivity contribution in [2.24, 2.45) is 0 Å². The first-order valence-corrected chi connectivity index (χ1v) is 7.55. The second kappa shape index (κ2) is 6.12. The van der Waals surface area contributed by atoms with Gasteiger partial charge in [0.15, 0.2) is 0 Å². The van der Waals surface area contributed by atoms with Crippen molar-refractivity contribution in [3.05, 3.63) is 34.1 Å². The number of hydrogen-bond donors (Lipinski definition) is 0. The minimum Gasteiger partial charge on any atom is -0.336 e. The molecule has 0 N–H and O–H groups in total. The molecule has 1 amide bonds. The van der Waals surface area contributed by atoms with E-state index in [1.807, 2.05) is 18.7 Å². The van der Waals surface area contributed by atoms with Crippen molar-refractivity contribution in [1.82, 2.24) is 9.80 Å². The minimum atomic E-state index is -0.548. The average molecular weight is 354 g/mol. The zero-order chi connectivity index (χ0) is 15.6. The van der Waals surface area contributed by atoms with Gasteiger partial charge in [0.1, 0.15) is 11.4 Å². The molecule has 0 radical (unpaired) electrons. The first kappa shape index (κ1) is 15.9. The smallest absolute Gasteiger partial charge is 0.258 e. The number of nitrogens with zero attached hydrogens (tertiary/aromatic N) is 3. The van der Waals surface area contributed by atoms with Crippen LogP contribution in [-0.2, 0) is 0 Å². The number of amides is 1. The third-order valence-corrected chi connectivity index (χ3v) is 4.47. The molecular weight excluding hydrogens is 337 g/mol. The highest BCUT2D eigenvalue weighted by Crippen LogP contribution is 2.23. The molecule has 0 aromatic heterocycles. The van der Waals surface area contributed by atoms with Gasteiger partial charge in [-0.25, -0.2) is 4.39 Å². The third-order valence-electron chi connectivity index (χ3n) is 3.81. The Morgan fingerprint density at radius 1 is 1.33 bits per heavy atom. The third kappa shape index (κ3) is 3.25. The van der Waals surface area contributed by atoms with Crippen LogP contribution < -0.4 is 0 Å². The first-order valence-electron chi connectivity index (χ1n) is 6.76. The van der Waals surface area contributed by atoms with Gasteiger partial charge >= 0.3 is 0 Å². The second-order valence-electron chi connectivity index (χ2n) is 5.55. The molecule has 0 aliphatic carbocycles. The van der Waals surface area contributed by atoms with Crippen LogP contribution in [-0.4, -0.2) is 47.4 Å². The molecule has 1 aromatic rings. The van der Waals surface area contributed by atoms with Gasteiger partial charge in [-0.05, 0) is 41.9 Å². The van der Waals surface area contributed by atoms with E-state index in [0.29, 0.717) is 30.7 Å².